The van der Waals surface area contributed by atoms with E-state index >= 15 is 0 Å². The number of likely N-dealkylation sites (N-methyl/N-ethyl adjacent to an activating group) is 1. The van der Waals surface area contributed by atoms with Crippen LogP contribution in [0.4, 0.5) is 0 Å². The lowest BCUT2D eigenvalue weighted by Gasteiger charge is -2.34. The maximum Gasteiger partial charge on any atom is 0.0714 e. The second kappa shape index (κ2) is 8.86. The molecular formula is C14H31N3O. The molecule has 0 aromatic carbocycles. The van der Waals surface area contributed by atoms with Crippen molar-refractivity contribution in [2.24, 2.45) is 5.92 Å². The Labute approximate surface area is 113 Å². The Morgan fingerprint density at radius 2 is 2.22 bits per heavy atom. The summed E-state index contributed by atoms with van der Waals surface area (Å²) >= 11 is 0. The highest BCUT2D eigenvalue weighted by Crippen LogP contribution is 2.08. The summed E-state index contributed by atoms with van der Waals surface area (Å²) in [5, 5.41) is 3.19. The van der Waals surface area contributed by atoms with E-state index in [1.54, 1.807) is 0 Å². The zero-order chi connectivity index (χ0) is 13.4. The van der Waals surface area contributed by atoms with Gasteiger partial charge in [0, 0.05) is 32.7 Å². The Morgan fingerprint density at radius 3 is 2.89 bits per heavy atom. The van der Waals surface area contributed by atoms with E-state index < -0.39 is 0 Å². The van der Waals surface area contributed by atoms with Crippen LogP contribution in [-0.2, 0) is 4.74 Å². The van der Waals surface area contributed by atoms with Crippen LogP contribution in [0, 0.1) is 5.92 Å². The van der Waals surface area contributed by atoms with Gasteiger partial charge in [-0.15, -0.1) is 0 Å². The minimum absolute atomic E-state index is 0.418. The van der Waals surface area contributed by atoms with Gasteiger partial charge < -0.3 is 15.0 Å². The Kier molecular flexibility index (Phi) is 7.82. The third-order valence-corrected chi connectivity index (χ3v) is 3.41. The first kappa shape index (κ1) is 15.9. The van der Waals surface area contributed by atoms with Gasteiger partial charge in [0.25, 0.3) is 0 Å². The van der Waals surface area contributed by atoms with Gasteiger partial charge in [-0.05, 0) is 33.0 Å². The van der Waals surface area contributed by atoms with E-state index in [1.165, 1.54) is 13.1 Å². The van der Waals surface area contributed by atoms with Gasteiger partial charge in [-0.2, -0.15) is 0 Å². The van der Waals surface area contributed by atoms with Crippen molar-refractivity contribution in [3.8, 4) is 0 Å². The molecule has 0 bridgehead atoms. The van der Waals surface area contributed by atoms with E-state index in [0.717, 1.165) is 45.1 Å². The fraction of sp³-hybridized carbons (Fsp3) is 1.00. The van der Waals surface area contributed by atoms with Crippen LogP contribution in [0.15, 0.2) is 0 Å². The van der Waals surface area contributed by atoms with Crippen LogP contribution in [-0.4, -0.2) is 75.9 Å². The molecule has 0 unspecified atom stereocenters. The third-order valence-electron chi connectivity index (χ3n) is 3.41. The lowest BCUT2D eigenvalue weighted by atomic mass is 10.2. The Hall–Kier alpha value is -0.160. The highest BCUT2D eigenvalue weighted by Gasteiger charge is 2.19. The number of rotatable bonds is 8. The highest BCUT2D eigenvalue weighted by atomic mass is 16.5. The monoisotopic (exact) mass is 257 g/mol. The first-order chi connectivity index (χ1) is 8.61. The van der Waals surface area contributed by atoms with Crippen molar-refractivity contribution < 1.29 is 4.74 Å². The molecule has 1 atom stereocenters. The van der Waals surface area contributed by atoms with Crippen LogP contribution in [0.2, 0.25) is 0 Å². The molecule has 4 nitrogen and oxygen atoms in total. The topological polar surface area (TPSA) is 27.7 Å². The fourth-order valence-electron chi connectivity index (χ4n) is 2.49. The first-order valence-electron chi connectivity index (χ1n) is 7.29. The molecule has 4 heteroatoms. The van der Waals surface area contributed by atoms with E-state index in [1.807, 2.05) is 7.05 Å². The normalized spacial score (nSPS) is 22.0. The maximum absolute atomic E-state index is 5.79. The molecule has 1 heterocycles. The van der Waals surface area contributed by atoms with Crippen LogP contribution in [0.5, 0.6) is 0 Å². The van der Waals surface area contributed by atoms with E-state index in [-0.39, 0.29) is 0 Å². The fourth-order valence-corrected chi connectivity index (χ4v) is 2.49. The SMILES string of the molecule is CNCC[C@@H]1CN(CCN(C)CC(C)C)CCO1. The van der Waals surface area contributed by atoms with E-state index in [4.69, 9.17) is 4.74 Å². The largest absolute Gasteiger partial charge is 0.376 e. The predicted molar refractivity (Wildman–Crippen MR) is 77.1 cm³/mol. The van der Waals surface area contributed by atoms with E-state index in [9.17, 15) is 0 Å². The lowest BCUT2D eigenvalue weighted by Crippen LogP contribution is -2.46. The minimum atomic E-state index is 0.418. The van der Waals surface area contributed by atoms with Crippen molar-refractivity contribution in [2.75, 3.05) is 60.0 Å². The van der Waals surface area contributed by atoms with Gasteiger partial charge in [0.2, 0.25) is 0 Å². The smallest absolute Gasteiger partial charge is 0.0714 e. The molecular weight excluding hydrogens is 226 g/mol. The molecule has 0 aliphatic carbocycles. The van der Waals surface area contributed by atoms with Crippen LogP contribution in [0.3, 0.4) is 0 Å². The zero-order valence-electron chi connectivity index (χ0n) is 12.6. The molecule has 0 amide bonds. The molecule has 0 aromatic rings. The summed E-state index contributed by atoms with van der Waals surface area (Å²) in [7, 11) is 4.22. The lowest BCUT2D eigenvalue weighted by molar-refractivity contribution is -0.0331. The molecule has 18 heavy (non-hydrogen) atoms. The van der Waals surface area contributed by atoms with Gasteiger partial charge in [-0.3, -0.25) is 4.90 Å². The second-order valence-corrected chi connectivity index (χ2v) is 5.84. The Morgan fingerprint density at radius 1 is 1.44 bits per heavy atom. The summed E-state index contributed by atoms with van der Waals surface area (Å²) in [6, 6.07) is 0. The molecule has 1 fully saturated rings. The van der Waals surface area contributed by atoms with Crippen LogP contribution >= 0.6 is 0 Å². The van der Waals surface area contributed by atoms with Crippen molar-refractivity contribution >= 4 is 0 Å². The Bertz CT molecular complexity index is 211. The predicted octanol–water partition coefficient (Wildman–Crippen LogP) is 0.885. The van der Waals surface area contributed by atoms with Crippen LogP contribution < -0.4 is 5.32 Å². The summed E-state index contributed by atoms with van der Waals surface area (Å²) in [5.41, 5.74) is 0. The number of nitrogens with zero attached hydrogens (tertiary/aromatic N) is 2. The van der Waals surface area contributed by atoms with Crippen molar-refractivity contribution in [2.45, 2.75) is 26.4 Å². The first-order valence-corrected chi connectivity index (χ1v) is 7.29. The van der Waals surface area contributed by atoms with Crippen LogP contribution in [0.25, 0.3) is 0 Å². The molecule has 108 valence electrons. The van der Waals surface area contributed by atoms with Gasteiger partial charge in [0.05, 0.1) is 12.7 Å². The molecule has 0 aromatic heterocycles. The molecule has 0 saturated carbocycles. The molecule has 1 aliphatic rings. The zero-order valence-corrected chi connectivity index (χ0v) is 12.6. The number of morpholine rings is 1. The molecule has 1 aliphatic heterocycles. The van der Waals surface area contributed by atoms with Gasteiger partial charge in [-0.1, -0.05) is 13.8 Å². The summed E-state index contributed by atoms with van der Waals surface area (Å²) < 4.78 is 5.79. The van der Waals surface area contributed by atoms with Gasteiger partial charge >= 0.3 is 0 Å². The van der Waals surface area contributed by atoms with Gasteiger partial charge in [0.1, 0.15) is 0 Å². The third kappa shape index (κ3) is 6.69. The van der Waals surface area contributed by atoms with E-state index in [2.05, 4.69) is 36.0 Å². The van der Waals surface area contributed by atoms with Crippen molar-refractivity contribution in [1.29, 1.82) is 0 Å². The quantitative estimate of drug-likeness (QED) is 0.699. The maximum atomic E-state index is 5.79. The standard InChI is InChI=1S/C14H31N3O/c1-13(2)11-16(4)7-8-17-9-10-18-14(12-17)5-6-15-3/h13-15H,5-12H2,1-4H3/t14-/m1/s1. The average molecular weight is 257 g/mol. The van der Waals surface area contributed by atoms with Crippen LogP contribution in [0.1, 0.15) is 20.3 Å². The molecule has 1 N–H and O–H groups in total. The second-order valence-electron chi connectivity index (χ2n) is 5.84. The molecule has 1 saturated heterocycles. The number of nitrogens with one attached hydrogen (secondary N) is 1. The van der Waals surface area contributed by atoms with Gasteiger partial charge in [-0.25, -0.2) is 0 Å². The number of ether oxygens (including phenoxy) is 1. The van der Waals surface area contributed by atoms with Crippen molar-refractivity contribution in [3.63, 3.8) is 0 Å². The average Bonchev–Trinajstić information content (AvgIpc) is 2.33. The molecule has 1 rings (SSSR count). The van der Waals surface area contributed by atoms with Crippen molar-refractivity contribution in [1.82, 2.24) is 15.1 Å². The van der Waals surface area contributed by atoms with E-state index in [0.29, 0.717) is 6.10 Å². The summed E-state index contributed by atoms with van der Waals surface area (Å²) in [5.74, 6) is 0.753. The Balaban J connectivity index is 2.17. The number of hydrogen-bond acceptors (Lipinski definition) is 4. The molecule has 0 radical (unpaired) electrons. The van der Waals surface area contributed by atoms with Crippen molar-refractivity contribution in [3.05, 3.63) is 0 Å². The molecule has 0 spiro atoms. The highest BCUT2D eigenvalue weighted by molar-refractivity contribution is 4.73. The minimum Gasteiger partial charge on any atom is -0.376 e. The summed E-state index contributed by atoms with van der Waals surface area (Å²) in [6.45, 7) is 12.2. The number of hydrogen-bond donors (Lipinski definition) is 1. The summed E-state index contributed by atoms with van der Waals surface area (Å²) in [6.07, 6.45) is 1.54. The van der Waals surface area contributed by atoms with Gasteiger partial charge in [0.15, 0.2) is 0 Å². The summed E-state index contributed by atoms with van der Waals surface area (Å²) in [4.78, 5) is 4.98.